The third-order valence-electron chi connectivity index (χ3n) is 3.74. The highest BCUT2D eigenvalue weighted by Crippen LogP contribution is 2.37. The zero-order chi connectivity index (χ0) is 19.6. The van der Waals surface area contributed by atoms with E-state index in [4.69, 9.17) is 16.3 Å². The summed E-state index contributed by atoms with van der Waals surface area (Å²) >= 11 is 9.02. The quantitative estimate of drug-likeness (QED) is 0.510. The Morgan fingerprint density at radius 2 is 2.04 bits per heavy atom. The molecule has 0 spiro atoms. The van der Waals surface area contributed by atoms with Crippen molar-refractivity contribution in [3.63, 3.8) is 0 Å². The summed E-state index contributed by atoms with van der Waals surface area (Å²) in [5.74, 6) is -0.583. The Balaban J connectivity index is 1.82. The fraction of sp³-hybridized carbons (Fsp3) is 0.211. The second kappa shape index (κ2) is 8.21. The smallest absolute Gasteiger partial charge is 0.348 e. The van der Waals surface area contributed by atoms with E-state index in [2.05, 4.69) is 4.98 Å². The van der Waals surface area contributed by atoms with Crippen molar-refractivity contribution in [2.75, 3.05) is 4.90 Å². The van der Waals surface area contributed by atoms with Gasteiger partial charge in [0, 0.05) is 12.3 Å². The molecule has 0 atom stereocenters. The largest absolute Gasteiger partial charge is 0.455 e. The highest BCUT2D eigenvalue weighted by atomic mass is 35.5. The first kappa shape index (κ1) is 19.5. The van der Waals surface area contributed by atoms with Crippen LogP contribution < -0.4 is 4.90 Å². The third kappa shape index (κ3) is 4.37. The summed E-state index contributed by atoms with van der Waals surface area (Å²) in [6, 6.07) is 7.28. The zero-order valence-corrected chi connectivity index (χ0v) is 17.4. The van der Waals surface area contributed by atoms with E-state index in [9.17, 15) is 9.59 Å². The number of amides is 1. The Hall–Kier alpha value is -2.22. The third-order valence-corrected chi connectivity index (χ3v) is 5.75. The first-order chi connectivity index (χ1) is 12.9. The molecule has 0 aliphatic rings. The molecule has 0 aliphatic heterocycles. The lowest BCUT2D eigenvalue weighted by molar-refractivity contribution is -0.115. The lowest BCUT2D eigenvalue weighted by atomic mass is 10.1. The number of halogens is 1. The minimum atomic E-state index is -0.389. The van der Waals surface area contributed by atoms with Gasteiger partial charge in [-0.1, -0.05) is 23.7 Å². The van der Waals surface area contributed by atoms with Crippen LogP contribution in [0.4, 0.5) is 10.8 Å². The van der Waals surface area contributed by atoms with Crippen LogP contribution in [0, 0.1) is 13.8 Å². The fourth-order valence-corrected chi connectivity index (χ4v) is 4.53. The van der Waals surface area contributed by atoms with Gasteiger partial charge >= 0.3 is 5.97 Å². The molecule has 1 amide bonds. The van der Waals surface area contributed by atoms with Gasteiger partial charge in [0.25, 0.3) is 0 Å². The number of nitrogens with zero attached hydrogens (tertiary/aromatic N) is 2. The number of carbonyl (C=O) groups excluding carboxylic acids is 2. The van der Waals surface area contributed by atoms with Gasteiger partial charge in [-0.15, -0.1) is 22.7 Å². The van der Waals surface area contributed by atoms with Crippen LogP contribution >= 0.6 is 34.3 Å². The van der Waals surface area contributed by atoms with Gasteiger partial charge in [-0.05, 0) is 42.5 Å². The highest BCUT2D eigenvalue weighted by Gasteiger charge is 2.23. The molecule has 0 bridgehead atoms. The summed E-state index contributed by atoms with van der Waals surface area (Å²) in [5, 5.41) is 4.56. The van der Waals surface area contributed by atoms with Crippen molar-refractivity contribution in [1.82, 2.24) is 4.98 Å². The monoisotopic (exact) mass is 420 g/mol. The van der Waals surface area contributed by atoms with Crippen LogP contribution in [-0.4, -0.2) is 16.9 Å². The van der Waals surface area contributed by atoms with Gasteiger partial charge in [0.15, 0.2) is 5.13 Å². The van der Waals surface area contributed by atoms with Crippen molar-refractivity contribution >= 4 is 57.0 Å². The van der Waals surface area contributed by atoms with Gasteiger partial charge in [0.05, 0.1) is 16.4 Å². The van der Waals surface area contributed by atoms with E-state index in [-0.39, 0.29) is 18.5 Å². The molecule has 3 aromatic rings. The van der Waals surface area contributed by atoms with Crippen LogP contribution in [0.25, 0.3) is 0 Å². The lowest BCUT2D eigenvalue weighted by Crippen LogP contribution is -2.24. The van der Waals surface area contributed by atoms with Crippen molar-refractivity contribution < 1.29 is 14.3 Å². The molecule has 140 valence electrons. The molecule has 8 heteroatoms. The Labute approximate surface area is 170 Å². The molecule has 2 heterocycles. The number of ether oxygens (including phenoxy) is 1. The number of hydrogen-bond acceptors (Lipinski definition) is 6. The van der Waals surface area contributed by atoms with Crippen molar-refractivity contribution in [1.29, 1.82) is 0 Å². The van der Waals surface area contributed by atoms with Crippen LogP contribution in [-0.2, 0) is 16.1 Å². The molecular weight excluding hydrogens is 404 g/mol. The number of esters is 1. The molecule has 27 heavy (non-hydrogen) atoms. The minimum Gasteiger partial charge on any atom is -0.455 e. The molecule has 0 radical (unpaired) electrons. The number of carbonyl (C=O) groups is 2. The number of benzene rings is 1. The zero-order valence-electron chi connectivity index (χ0n) is 15.0. The van der Waals surface area contributed by atoms with Crippen molar-refractivity contribution in [3.05, 3.63) is 61.7 Å². The number of rotatable bonds is 5. The van der Waals surface area contributed by atoms with Crippen molar-refractivity contribution in [2.24, 2.45) is 0 Å². The first-order valence-electron chi connectivity index (χ1n) is 8.09. The maximum Gasteiger partial charge on any atom is 0.348 e. The molecule has 0 unspecified atom stereocenters. The normalized spacial score (nSPS) is 10.7. The fourth-order valence-electron chi connectivity index (χ4n) is 2.65. The van der Waals surface area contributed by atoms with Crippen LogP contribution in [0.3, 0.4) is 0 Å². The Morgan fingerprint density at radius 1 is 1.26 bits per heavy atom. The highest BCUT2D eigenvalue weighted by molar-refractivity contribution is 7.14. The van der Waals surface area contributed by atoms with Gasteiger partial charge < -0.3 is 4.74 Å². The van der Waals surface area contributed by atoms with Gasteiger partial charge in [-0.2, -0.15) is 0 Å². The molecule has 0 aliphatic carbocycles. The molecule has 3 rings (SSSR count). The number of thiazole rings is 1. The SMILES string of the molecule is CC(=O)N(c1nc(COC(=O)c2cccs2)cs1)c1c(C)cc(C)cc1Cl. The maximum atomic E-state index is 12.3. The van der Waals surface area contributed by atoms with Gasteiger partial charge in [-0.3, -0.25) is 9.69 Å². The van der Waals surface area contributed by atoms with Gasteiger partial charge in [0.1, 0.15) is 11.5 Å². The number of thiophene rings is 1. The Kier molecular flexibility index (Phi) is 5.94. The average molecular weight is 421 g/mol. The molecule has 1 aromatic carbocycles. The standard InChI is InChI=1S/C19H17ClN2O3S2/c1-11-7-12(2)17(15(20)8-11)22(13(3)23)19-21-14(10-27-19)9-25-18(24)16-5-4-6-26-16/h4-8,10H,9H2,1-3H3. The summed E-state index contributed by atoms with van der Waals surface area (Å²) in [4.78, 5) is 30.8. The summed E-state index contributed by atoms with van der Waals surface area (Å²) in [6.07, 6.45) is 0. The lowest BCUT2D eigenvalue weighted by Gasteiger charge is -2.22. The van der Waals surface area contributed by atoms with E-state index in [1.54, 1.807) is 17.5 Å². The van der Waals surface area contributed by atoms with E-state index in [1.165, 1.54) is 34.5 Å². The van der Waals surface area contributed by atoms with Crippen molar-refractivity contribution in [2.45, 2.75) is 27.4 Å². The van der Waals surface area contributed by atoms with Crippen LogP contribution in [0.1, 0.15) is 33.4 Å². The molecule has 0 saturated heterocycles. The maximum absolute atomic E-state index is 12.3. The molecule has 5 nitrogen and oxygen atoms in total. The minimum absolute atomic E-state index is 0.0413. The molecule has 2 aromatic heterocycles. The van der Waals surface area contributed by atoms with Crippen LogP contribution in [0.5, 0.6) is 0 Å². The summed E-state index contributed by atoms with van der Waals surface area (Å²) in [7, 11) is 0. The van der Waals surface area contributed by atoms with Crippen LogP contribution in [0.2, 0.25) is 5.02 Å². The van der Waals surface area contributed by atoms with E-state index < -0.39 is 0 Å². The van der Waals surface area contributed by atoms with Crippen LogP contribution in [0.15, 0.2) is 35.0 Å². The van der Waals surface area contributed by atoms with E-state index >= 15 is 0 Å². The molecular formula is C19H17ClN2O3S2. The average Bonchev–Trinajstić information content (AvgIpc) is 3.27. The molecule has 0 saturated carbocycles. The van der Waals surface area contributed by atoms with E-state index in [0.29, 0.717) is 26.4 Å². The summed E-state index contributed by atoms with van der Waals surface area (Å²) in [5.41, 5.74) is 3.10. The first-order valence-corrected chi connectivity index (χ1v) is 10.2. The number of aryl methyl sites for hydroxylation is 2. The predicted octanol–water partition coefficient (Wildman–Crippen LogP) is 5.52. The van der Waals surface area contributed by atoms with E-state index in [0.717, 1.165) is 11.1 Å². The number of hydrogen-bond donors (Lipinski definition) is 0. The number of anilines is 2. The number of aromatic nitrogens is 1. The van der Waals surface area contributed by atoms with Gasteiger partial charge in [0.2, 0.25) is 5.91 Å². The molecule has 0 N–H and O–H groups in total. The second-order valence-corrected chi connectivity index (χ2v) is 8.13. The molecule has 0 fully saturated rings. The summed E-state index contributed by atoms with van der Waals surface area (Å²) in [6.45, 7) is 5.36. The summed E-state index contributed by atoms with van der Waals surface area (Å²) < 4.78 is 5.28. The van der Waals surface area contributed by atoms with Crippen molar-refractivity contribution in [3.8, 4) is 0 Å². The second-order valence-electron chi connectivity index (χ2n) is 5.94. The Morgan fingerprint density at radius 3 is 2.67 bits per heavy atom. The van der Waals surface area contributed by atoms with Gasteiger partial charge in [-0.25, -0.2) is 9.78 Å². The topological polar surface area (TPSA) is 59.5 Å². The Bertz CT molecular complexity index is 960. The van der Waals surface area contributed by atoms with E-state index in [1.807, 2.05) is 31.4 Å². The predicted molar refractivity (Wildman–Crippen MR) is 109 cm³/mol.